The molecular formula is C50H80N6O12. The Labute approximate surface area is 403 Å². The van der Waals surface area contributed by atoms with Gasteiger partial charge >= 0.3 is 11.9 Å². The summed E-state index contributed by atoms with van der Waals surface area (Å²) in [5.41, 5.74) is 0.633. The molecule has 3 rings (SSSR count). The number of amides is 5. The third kappa shape index (κ3) is 15.5. The Morgan fingerprint density at radius 1 is 0.912 bits per heavy atom. The summed E-state index contributed by atoms with van der Waals surface area (Å²) in [4.78, 5) is 118. The Morgan fingerprint density at radius 3 is 2.09 bits per heavy atom. The second-order valence-electron chi connectivity index (χ2n) is 20.1. The Hall–Kier alpha value is -5.10. The number of esters is 2. The second kappa shape index (κ2) is 26.0. The van der Waals surface area contributed by atoms with Gasteiger partial charge in [-0.1, -0.05) is 73.9 Å². The molecule has 5 amide bonds. The third-order valence-electron chi connectivity index (χ3n) is 13.1. The number of nitrogens with one attached hydrogen (secondary N) is 3. The zero-order chi connectivity index (χ0) is 51.3. The summed E-state index contributed by atoms with van der Waals surface area (Å²) >= 11 is 0. The number of Topliss-reactive ketones (excluding diaryl/α,β-unsaturated/α-hetero) is 1. The fraction of sp³-hybridized carbons (Fsp3) is 0.720. The molecule has 0 saturated carbocycles. The number of rotatable bonds is 13. The van der Waals surface area contributed by atoms with Gasteiger partial charge in [0.2, 0.25) is 29.5 Å². The van der Waals surface area contributed by atoms with Crippen molar-refractivity contribution in [1.29, 1.82) is 0 Å². The van der Waals surface area contributed by atoms with Gasteiger partial charge in [0.25, 0.3) is 0 Å². The van der Waals surface area contributed by atoms with Crippen molar-refractivity contribution < 1.29 is 57.7 Å². The van der Waals surface area contributed by atoms with Crippen LogP contribution in [0.15, 0.2) is 24.3 Å². The molecule has 18 nitrogen and oxygen atoms in total. The van der Waals surface area contributed by atoms with Crippen molar-refractivity contribution in [3.8, 4) is 5.75 Å². The van der Waals surface area contributed by atoms with Crippen LogP contribution in [-0.4, -0.2) is 156 Å². The van der Waals surface area contributed by atoms with Gasteiger partial charge in [-0.25, -0.2) is 4.79 Å². The number of carbonyl (C=O) groups is 8. The molecule has 0 radical (unpaired) electrons. The van der Waals surface area contributed by atoms with Crippen molar-refractivity contribution in [3.63, 3.8) is 0 Å². The SMILES string of the molecule is CC[C@H](C)[C@H]1NC(=O)[C@@H](NC(=O)[C@@H](CC(C)C)N(C)C)[C@@H](C)OC(=O)[C@H](Cc2ccc(OC)cc2)N(C)C(=O)[C@@H]2CCCN2C(=O)[C@H](CC(C)C)NC(=O)[C@@H](C)C(=O)[C@H](C(C)C)OC(=O)C[C@@H]1O. The maximum absolute atomic E-state index is 14.7. The number of likely N-dealkylation sites (N-methyl/N-ethyl adjacent to an activating group) is 2. The highest BCUT2D eigenvalue weighted by Gasteiger charge is 2.44. The fourth-order valence-corrected chi connectivity index (χ4v) is 8.71. The number of nitrogens with zero attached hydrogens (tertiary/aromatic N) is 3. The summed E-state index contributed by atoms with van der Waals surface area (Å²) in [5.74, 6) is -7.66. The molecule has 11 atom stereocenters. The van der Waals surface area contributed by atoms with Crippen LogP contribution in [-0.2, 0) is 54.3 Å². The Kier molecular flexibility index (Phi) is 21.9. The van der Waals surface area contributed by atoms with Gasteiger partial charge in [-0.3, -0.25) is 38.5 Å². The zero-order valence-corrected chi connectivity index (χ0v) is 42.8. The first-order valence-corrected chi connectivity index (χ1v) is 24.2. The van der Waals surface area contributed by atoms with Crippen LogP contribution in [0, 0.1) is 29.6 Å². The van der Waals surface area contributed by atoms with E-state index in [4.69, 9.17) is 14.2 Å². The number of hydrogen-bond donors (Lipinski definition) is 4. The molecule has 2 fully saturated rings. The molecule has 0 aliphatic carbocycles. The van der Waals surface area contributed by atoms with Crippen molar-refractivity contribution in [2.45, 2.75) is 169 Å². The number of carbonyl (C=O) groups excluding carboxylic acids is 8. The maximum atomic E-state index is 14.7. The largest absolute Gasteiger partial charge is 0.497 e. The van der Waals surface area contributed by atoms with Crippen molar-refractivity contribution in [2.75, 3.05) is 34.8 Å². The highest BCUT2D eigenvalue weighted by Crippen LogP contribution is 2.26. The summed E-state index contributed by atoms with van der Waals surface area (Å²) in [6.07, 6.45) is -3.27. The molecule has 0 bridgehead atoms. The normalized spacial score (nSPS) is 27.7. The standard InChI is InChI=1S/C50H80N6O12/c1-15-30(8)41-39(57)26-40(58)68-44(29(6)7)43(59)31(9)45(60)51-35(23-27(2)3)48(63)56-22-16-17-36(56)49(64)55(13)38(25-33-18-20-34(66-14)21-19-33)50(65)67-32(10)42(47(62)52-41)53-46(61)37(54(11)12)24-28(4)5/h18-21,27-32,35-39,41-42,44,57H,15-17,22-26H2,1-14H3,(H,51,60)(H,52,62)(H,53,61)/t30-,31-,32+,35-,36-,37+,38-,39-,41+,42-,44-/m0/s1. The molecule has 4 N–H and O–H groups in total. The maximum Gasteiger partial charge on any atom is 0.329 e. The Bertz CT molecular complexity index is 1910. The monoisotopic (exact) mass is 957 g/mol. The minimum atomic E-state index is -1.55. The van der Waals surface area contributed by atoms with Gasteiger partial charge in [0, 0.05) is 20.0 Å². The lowest BCUT2D eigenvalue weighted by atomic mass is 9.91. The van der Waals surface area contributed by atoms with Gasteiger partial charge in [-0.2, -0.15) is 0 Å². The van der Waals surface area contributed by atoms with Crippen molar-refractivity contribution >= 4 is 47.3 Å². The quantitative estimate of drug-likeness (QED) is 0.165. The summed E-state index contributed by atoms with van der Waals surface area (Å²) < 4.78 is 17.1. The highest BCUT2D eigenvalue weighted by atomic mass is 16.6. The van der Waals surface area contributed by atoms with Crippen LogP contribution in [0.3, 0.4) is 0 Å². The van der Waals surface area contributed by atoms with E-state index in [-0.39, 0.29) is 37.6 Å². The number of ketones is 1. The third-order valence-corrected chi connectivity index (χ3v) is 13.1. The fourth-order valence-electron chi connectivity index (χ4n) is 8.71. The minimum absolute atomic E-state index is 0.0491. The molecule has 2 saturated heterocycles. The second-order valence-corrected chi connectivity index (χ2v) is 20.1. The van der Waals surface area contributed by atoms with E-state index in [1.807, 2.05) is 34.6 Å². The van der Waals surface area contributed by atoms with Crippen LogP contribution in [0.4, 0.5) is 0 Å². The Morgan fingerprint density at radius 2 is 1.54 bits per heavy atom. The molecule has 68 heavy (non-hydrogen) atoms. The smallest absolute Gasteiger partial charge is 0.329 e. The molecule has 382 valence electrons. The number of benzene rings is 1. The molecule has 0 spiro atoms. The van der Waals surface area contributed by atoms with E-state index in [0.29, 0.717) is 30.6 Å². The van der Waals surface area contributed by atoms with Crippen molar-refractivity contribution in [2.24, 2.45) is 29.6 Å². The number of cyclic esters (lactones) is 2. The molecule has 2 aliphatic heterocycles. The first-order chi connectivity index (χ1) is 31.8. The van der Waals surface area contributed by atoms with Gasteiger partial charge < -0.3 is 45.1 Å². The van der Waals surface area contributed by atoms with E-state index < -0.39 is 126 Å². The van der Waals surface area contributed by atoms with E-state index in [1.165, 1.54) is 37.8 Å². The van der Waals surface area contributed by atoms with E-state index in [2.05, 4.69) is 16.0 Å². The average Bonchev–Trinajstić information content (AvgIpc) is 3.77. The molecule has 0 unspecified atom stereocenters. The molecule has 2 aliphatic rings. The molecule has 1 aromatic rings. The van der Waals surface area contributed by atoms with E-state index >= 15 is 0 Å². The molecule has 2 heterocycles. The van der Waals surface area contributed by atoms with E-state index in [9.17, 15) is 43.5 Å². The summed E-state index contributed by atoms with van der Waals surface area (Å²) in [6.45, 7) is 17.5. The number of hydrogen-bond acceptors (Lipinski definition) is 13. The first kappa shape index (κ1) is 57.2. The average molecular weight is 957 g/mol. The summed E-state index contributed by atoms with van der Waals surface area (Å²) in [5, 5.41) is 20.0. The van der Waals surface area contributed by atoms with Gasteiger partial charge in [-0.15, -0.1) is 0 Å². The Balaban J connectivity index is 2.25. The molecule has 18 heteroatoms. The number of aliphatic hydroxyl groups excluding tert-OH is 1. The highest BCUT2D eigenvalue weighted by molar-refractivity contribution is 6.05. The van der Waals surface area contributed by atoms with Crippen LogP contribution in [0.5, 0.6) is 5.75 Å². The molecule has 0 aromatic heterocycles. The van der Waals surface area contributed by atoms with Gasteiger partial charge in [0.05, 0.1) is 37.6 Å². The lowest BCUT2D eigenvalue weighted by Crippen LogP contribution is -2.61. The van der Waals surface area contributed by atoms with Crippen molar-refractivity contribution in [1.82, 2.24) is 30.7 Å². The van der Waals surface area contributed by atoms with Crippen molar-refractivity contribution in [3.05, 3.63) is 29.8 Å². The first-order valence-electron chi connectivity index (χ1n) is 24.2. The number of aliphatic hydroxyl groups is 1. The number of methoxy groups -OCH3 is 1. The molecule has 1 aromatic carbocycles. The summed E-state index contributed by atoms with van der Waals surface area (Å²) in [7, 11) is 6.42. The lowest BCUT2D eigenvalue weighted by Gasteiger charge is -2.35. The predicted octanol–water partition coefficient (Wildman–Crippen LogP) is 3.05. The van der Waals surface area contributed by atoms with Crippen LogP contribution >= 0.6 is 0 Å². The van der Waals surface area contributed by atoms with E-state index in [0.717, 1.165) is 0 Å². The topological polar surface area (TPSA) is 230 Å². The van der Waals surface area contributed by atoms with Crippen LogP contribution < -0.4 is 20.7 Å². The minimum Gasteiger partial charge on any atom is -0.497 e. The lowest BCUT2D eigenvalue weighted by molar-refractivity contribution is -0.163. The number of ether oxygens (including phenoxy) is 3. The summed E-state index contributed by atoms with van der Waals surface area (Å²) in [6, 6.07) is 0.0957. The van der Waals surface area contributed by atoms with Gasteiger partial charge in [0.1, 0.15) is 36.0 Å². The number of fused-ring (bicyclic) bond motifs is 1. The zero-order valence-electron chi connectivity index (χ0n) is 42.8. The van der Waals surface area contributed by atoms with Gasteiger partial charge in [0.15, 0.2) is 11.9 Å². The van der Waals surface area contributed by atoms with Crippen LogP contribution in [0.2, 0.25) is 0 Å². The van der Waals surface area contributed by atoms with Gasteiger partial charge in [-0.05, 0) is 95.0 Å². The van der Waals surface area contributed by atoms with Crippen LogP contribution in [0.1, 0.15) is 113 Å². The van der Waals surface area contributed by atoms with Crippen LogP contribution in [0.25, 0.3) is 0 Å². The molecular weight excluding hydrogens is 877 g/mol. The predicted molar refractivity (Wildman–Crippen MR) is 255 cm³/mol. The van der Waals surface area contributed by atoms with E-state index in [1.54, 1.807) is 64.0 Å².